The molecule has 0 atom stereocenters. The molecule has 0 aliphatic carbocycles. The van der Waals surface area contributed by atoms with E-state index in [1.54, 1.807) is 11.3 Å². The maximum atomic E-state index is 12.6. The van der Waals surface area contributed by atoms with Gasteiger partial charge in [0.2, 0.25) is 0 Å². The molecule has 9 heteroatoms. The predicted octanol–water partition coefficient (Wildman–Crippen LogP) is 1.68. The van der Waals surface area contributed by atoms with Crippen LogP contribution in [-0.2, 0) is 20.1 Å². The molecule has 132 valence electrons. The van der Waals surface area contributed by atoms with E-state index in [2.05, 4.69) is 10.2 Å². The smallest absolute Gasteiger partial charge is 0.327 e. The van der Waals surface area contributed by atoms with Crippen molar-refractivity contribution in [2.45, 2.75) is 20.0 Å². The molecular formula is C16H19FN6OS. The highest BCUT2D eigenvalue weighted by atomic mass is 32.1. The minimum absolute atomic E-state index is 0.0498. The van der Waals surface area contributed by atoms with E-state index in [9.17, 15) is 9.18 Å². The van der Waals surface area contributed by atoms with E-state index >= 15 is 0 Å². The fourth-order valence-electron chi connectivity index (χ4n) is 2.53. The van der Waals surface area contributed by atoms with Gasteiger partial charge in [0.25, 0.3) is 0 Å². The van der Waals surface area contributed by atoms with Crippen LogP contribution in [0.25, 0.3) is 10.6 Å². The number of aromatic nitrogens is 5. The van der Waals surface area contributed by atoms with Crippen LogP contribution in [0.2, 0.25) is 0 Å². The number of hydrogen-bond acceptors (Lipinski definition) is 5. The van der Waals surface area contributed by atoms with Gasteiger partial charge in [0.1, 0.15) is 6.33 Å². The van der Waals surface area contributed by atoms with Crippen molar-refractivity contribution >= 4 is 11.3 Å². The molecule has 0 aromatic carbocycles. The maximum absolute atomic E-state index is 12.6. The summed E-state index contributed by atoms with van der Waals surface area (Å²) in [5, 5.41) is 8.38. The number of thiophene rings is 1. The molecule has 3 rings (SSSR count). The molecule has 25 heavy (non-hydrogen) atoms. The summed E-state index contributed by atoms with van der Waals surface area (Å²) in [7, 11) is 1.91. The quantitative estimate of drug-likeness (QED) is 0.723. The van der Waals surface area contributed by atoms with E-state index in [1.165, 1.54) is 15.6 Å². The van der Waals surface area contributed by atoms with E-state index in [1.807, 2.05) is 36.9 Å². The summed E-state index contributed by atoms with van der Waals surface area (Å²) in [4.78, 5) is 14.4. The van der Waals surface area contributed by atoms with Crippen molar-refractivity contribution < 1.29 is 4.39 Å². The lowest BCUT2D eigenvalue weighted by atomic mass is 10.3. The van der Waals surface area contributed by atoms with Crippen LogP contribution in [0.5, 0.6) is 0 Å². The number of aryl methyl sites for hydroxylation is 2. The second-order valence-electron chi connectivity index (χ2n) is 5.73. The average Bonchev–Trinajstić information content (AvgIpc) is 3.27. The van der Waals surface area contributed by atoms with Crippen molar-refractivity contribution in [2.24, 2.45) is 12.8 Å². The molecule has 3 aromatic heterocycles. The second-order valence-corrected chi connectivity index (χ2v) is 6.90. The Morgan fingerprint density at radius 1 is 1.44 bits per heavy atom. The van der Waals surface area contributed by atoms with Gasteiger partial charge in [-0.05, 0) is 30.7 Å². The standard InChI is InChI=1S/C16H19FN6OS/c1-11-5-14(21(2)20-11)15-4-3-13(25-15)9-22-10-19-23(16(22)24)8-12(6-17)7-18/h3-6,10H,7-9,18H2,1-2H3/b12-6+. The lowest BCUT2D eigenvalue weighted by Gasteiger charge is -2.01. The van der Waals surface area contributed by atoms with Gasteiger partial charge in [0.15, 0.2) is 0 Å². The minimum atomic E-state index is -0.292. The van der Waals surface area contributed by atoms with Gasteiger partial charge in [-0.2, -0.15) is 10.2 Å². The average molecular weight is 362 g/mol. The highest BCUT2D eigenvalue weighted by Gasteiger charge is 2.11. The predicted molar refractivity (Wildman–Crippen MR) is 95.1 cm³/mol. The molecule has 0 radical (unpaired) electrons. The van der Waals surface area contributed by atoms with Crippen LogP contribution in [0.15, 0.2) is 41.2 Å². The first-order chi connectivity index (χ1) is 12.0. The normalized spacial score (nSPS) is 12.1. The largest absolute Gasteiger partial charge is 0.346 e. The molecule has 0 spiro atoms. The van der Waals surface area contributed by atoms with Gasteiger partial charge in [0, 0.05) is 18.5 Å². The maximum Gasteiger partial charge on any atom is 0.346 e. The molecule has 3 aromatic rings. The van der Waals surface area contributed by atoms with Crippen LogP contribution in [0.1, 0.15) is 10.6 Å². The summed E-state index contributed by atoms with van der Waals surface area (Å²) in [5.41, 5.74) is 7.44. The van der Waals surface area contributed by atoms with Crippen LogP contribution < -0.4 is 11.4 Å². The number of rotatable bonds is 6. The molecule has 0 fully saturated rings. The molecular weight excluding hydrogens is 343 g/mol. The fourth-order valence-corrected chi connectivity index (χ4v) is 3.59. The van der Waals surface area contributed by atoms with Crippen molar-refractivity contribution in [3.8, 4) is 10.6 Å². The van der Waals surface area contributed by atoms with Gasteiger partial charge in [-0.1, -0.05) is 0 Å². The zero-order chi connectivity index (χ0) is 18.0. The Balaban J connectivity index is 1.79. The minimum Gasteiger partial charge on any atom is -0.327 e. The van der Waals surface area contributed by atoms with Crippen LogP contribution in [0, 0.1) is 6.92 Å². The third-order valence-corrected chi connectivity index (χ3v) is 4.90. The van der Waals surface area contributed by atoms with Crippen molar-refractivity contribution in [2.75, 3.05) is 6.54 Å². The van der Waals surface area contributed by atoms with Crippen LogP contribution >= 0.6 is 11.3 Å². The van der Waals surface area contributed by atoms with E-state index < -0.39 is 0 Å². The molecule has 0 amide bonds. The van der Waals surface area contributed by atoms with Crippen LogP contribution in [0.4, 0.5) is 4.39 Å². The number of nitrogens with two attached hydrogens (primary N) is 1. The van der Waals surface area contributed by atoms with Crippen molar-refractivity contribution in [3.63, 3.8) is 0 Å². The van der Waals surface area contributed by atoms with E-state index in [-0.39, 0.29) is 18.8 Å². The molecule has 3 heterocycles. The van der Waals surface area contributed by atoms with Gasteiger partial charge in [0.05, 0.1) is 35.7 Å². The lowest BCUT2D eigenvalue weighted by Crippen LogP contribution is -2.26. The Labute approximate surface area is 147 Å². The summed E-state index contributed by atoms with van der Waals surface area (Å²) in [6.45, 7) is 2.47. The third kappa shape index (κ3) is 3.62. The molecule has 0 aliphatic rings. The third-order valence-electron chi connectivity index (χ3n) is 3.81. The Kier molecular flexibility index (Phi) is 4.95. The van der Waals surface area contributed by atoms with Crippen molar-refractivity contribution in [1.29, 1.82) is 0 Å². The Bertz CT molecular complexity index is 964. The highest BCUT2D eigenvalue weighted by molar-refractivity contribution is 7.15. The summed E-state index contributed by atoms with van der Waals surface area (Å²) in [6, 6.07) is 6.03. The molecule has 0 aliphatic heterocycles. The number of hydrogen-bond donors (Lipinski definition) is 1. The number of nitrogens with zero attached hydrogens (tertiary/aromatic N) is 5. The molecule has 0 saturated heterocycles. The molecule has 0 unspecified atom stereocenters. The van der Waals surface area contributed by atoms with Gasteiger partial charge in [-0.25, -0.2) is 13.9 Å². The summed E-state index contributed by atoms with van der Waals surface area (Å²) in [6.07, 6.45) is 1.88. The van der Waals surface area contributed by atoms with Crippen molar-refractivity contribution in [1.82, 2.24) is 24.1 Å². The first-order valence-electron chi connectivity index (χ1n) is 7.72. The SMILES string of the molecule is Cc1cc(-c2ccc(Cn3cnn(C/C(=C/F)CN)c3=O)s2)n(C)n1. The Morgan fingerprint density at radius 2 is 2.24 bits per heavy atom. The first kappa shape index (κ1) is 17.3. The second kappa shape index (κ2) is 7.16. The topological polar surface area (TPSA) is 83.7 Å². The van der Waals surface area contributed by atoms with E-state index in [0.717, 1.165) is 21.1 Å². The van der Waals surface area contributed by atoms with Crippen molar-refractivity contribution in [3.05, 3.63) is 57.5 Å². The van der Waals surface area contributed by atoms with Gasteiger partial charge < -0.3 is 5.73 Å². The molecule has 7 nitrogen and oxygen atoms in total. The van der Waals surface area contributed by atoms with E-state index in [0.29, 0.717) is 18.4 Å². The molecule has 0 saturated carbocycles. The Morgan fingerprint density at radius 3 is 2.88 bits per heavy atom. The van der Waals surface area contributed by atoms with Gasteiger partial charge in [-0.15, -0.1) is 11.3 Å². The molecule has 2 N–H and O–H groups in total. The zero-order valence-electron chi connectivity index (χ0n) is 14.0. The Hall–Kier alpha value is -2.52. The van der Waals surface area contributed by atoms with Gasteiger partial charge in [-0.3, -0.25) is 9.25 Å². The van der Waals surface area contributed by atoms with Crippen LogP contribution in [0.3, 0.4) is 0 Å². The monoisotopic (exact) mass is 362 g/mol. The lowest BCUT2D eigenvalue weighted by molar-refractivity contribution is 0.604. The fraction of sp³-hybridized carbons (Fsp3) is 0.312. The highest BCUT2D eigenvalue weighted by Crippen LogP contribution is 2.28. The summed E-state index contributed by atoms with van der Waals surface area (Å²) >= 11 is 1.60. The number of halogens is 1. The zero-order valence-corrected chi connectivity index (χ0v) is 14.8. The van der Waals surface area contributed by atoms with Gasteiger partial charge >= 0.3 is 5.69 Å². The summed E-state index contributed by atoms with van der Waals surface area (Å²) < 4.78 is 17.2. The van der Waals surface area contributed by atoms with Crippen LogP contribution in [-0.4, -0.2) is 30.7 Å². The molecule has 0 bridgehead atoms. The summed E-state index contributed by atoms with van der Waals surface area (Å²) in [5.74, 6) is 0. The first-order valence-corrected chi connectivity index (χ1v) is 8.53. The van der Waals surface area contributed by atoms with E-state index in [4.69, 9.17) is 5.73 Å².